The van der Waals surface area contributed by atoms with E-state index in [0.717, 1.165) is 31.2 Å². The van der Waals surface area contributed by atoms with Crippen molar-refractivity contribution in [2.24, 2.45) is 11.7 Å². The smallest absolute Gasteiger partial charge is 0.312 e. The lowest BCUT2D eigenvalue weighted by molar-refractivity contribution is -0.137. The minimum absolute atomic E-state index is 0.000248. The average molecular weight is 1140 g/mol. The third-order valence-corrected chi connectivity index (χ3v) is 15.1. The molecule has 1 saturated carbocycles. The number of rotatable bonds is 27. The van der Waals surface area contributed by atoms with Gasteiger partial charge in [0.15, 0.2) is 17.2 Å². The molecular formula is C59H81N9O14. The second-order valence-electron chi connectivity index (χ2n) is 20.9. The maximum Gasteiger partial charge on any atom is 0.312 e. The number of fused-ring (bicyclic) bond motifs is 3. The number of nitrogens with one attached hydrogen (secondary N) is 7. The lowest BCUT2D eigenvalue weighted by atomic mass is 9.93. The molecule has 2 atom stereocenters. The van der Waals surface area contributed by atoms with Crippen molar-refractivity contribution in [3.63, 3.8) is 0 Å². The molecule has 23 heteroatoms. The van der Waals surface area contributed by atoms with Gasteiger partial charge in [0.1, 0.15) is 6.04 Å². The molecular weight excluding hydrogens is 1060 g/mol. The first-order valence-electron chi connectivity index (χ1n) is 28.4. The van der Waals surface area contributed by atoms with Crippen LogP contribution in [0.5, 0.6) is 23.0 Å². The molecule has 6 rings (SSSR count). The molecule has 1 saturated heterocycles. The number of methoxy groups -OCH3 is 4. The molecule has 0 bridgehead atoms. The SMILES string of the molecule is COc1cc2c(c(OC)c1OC)-c1ccc(OC)c(=O)cc1C(NC(=O)CCCCC(=O)NOCc1ccc(NC(=O)C(CCCNC(N)=O)NC(=O)CNC(=O)CCC(=O)N3CCC(C(=O)NC4CCCCCCC4)CC3)cc1)CC2. The van der Waals surface area contributed by atoms with Crippen LogP contribution < -0.4 is 67.5 Å². The number of carbonyl (C=O) groups excluding carboxylic acids is 8. The number of benzene rings is 2. The third-order valence-electron chi connectivity index (χ3n) is 15.1. The van der Waals surface area contributed by atoms with Gasteiger partial charge in [0, 0.05) is 68.5 Å². The maximum atomic E-state index is 13.5. The topological polar surface area (TPSA) is 313 Å². The molecule has 2 unspecified atom stereocenters. The van der Waals surface area contributed by atoms with E-state index in [1.807, 2.05) is 6.07 Å². The van der Waals surface area contributed by atoms with Crippen LogP contribution in [0.15, 0.2) is 53.3 Å². The van der Waals surface area contributed by atoms with Crippen LogP contribution in [0, 0.1) is 5.92 Å². The number of anilines is 1. The van der Waals surface area contributed by atoms with E-state index in [4.69, 9.17) is 29.5 Å². The second kappa shape index (κ2) is 32.5. The fourth-order valence-electron chi connectivity index (χ4n) is 10.6. The van der Waals surface area contributed by atoms with Gasteiger partial charge in [-0.1, -0.05) is 50.3 Å². The summed E-state index contributed by atoms with van der Waals surface area (Å²) in [5.74, 6) is -1.19. The van der Waals surface area contributed by atoms with Crippen molar-refractivity contribution >= 4 is 53.1 Å². The highest BCUT2D eigenvalue weighted by atomic mass is 16.6. The number of primary amides is 1. The van der Waals surface area contributed by atoms with Crippen LogP contribution in [0.3, 0.4) is 0 Å². The molecule has 9 N–H and O–H groups in total. The number of hydroxylamine groups is 1. The number of nitrogens with two attached hydrogens (primary N) is 1. The molecule has 0 spiro atoms. The molecule has 3 aromatic rings. The van der Waals surface area contributed by atoms with Gasteiger partial charge < -0.3 is 61.5 Å². The molecule has 0 aromatic heterocycles. The predicted molar refractivity (Wildman–Crippen MR) is 305 cm³/mol. The molecule has 3 aromatic carbocycles. The maximum absolute atomic E-state index is 13.5. The standard InChI is InChI=1S/C59H81N9O14/c1-78-47-25-23-42-43(34-46(47)69)44(24-20-39-33-48(79-2)55(80-3)56(81-4)54(39)42)65-50(71)16-10-11-17-51(72)67-82-36-37-18-21-41(22-19-37)64-58(76)45(15-12-30-61-59(60)77)66-52(73)35-62-49(70)26-27-53(74)68-31-28-38(29-32-68)57(75)63-40-13-8-6-5-7-9-14-40/h18-19,21-23,25,33-34,38,40,44-45H,5-17,20,24,26-32,35-36H2,1-4H3,(H,62,70)(H,63,75)(H,64,76)(H,65,71)(H,66,73)(H,67,72)(H3,60,61,77). The number of carbonyl (C=O) groups is 8. The van der Waals surface area contributed by atoms with E-state index in [1.54, 1.807) is 41.3 Å². The van der Waals surface area contributed by atoms with Crippen LogP contribution in [0.25, 0.3) is 11.1 Å². The third kappa shape index (κ3) is 19.1. The Morgan fingerprint density at radius 2 is 1.35 bits per heavy atom. The molecule has 82 heavy (non-hydrogen) atoms. The summed E-state index contributed by atoms with van der Waals surface area (Å²) in [6, 6.07) is 11.2. The Bertz CT molecular complexity index is 2760. The number of hydrogen-bond donors (Lipinski definition) is 8. The van der Waals surface area contributed by atoms with Crippen LogP contribution in [-0.2, 0) is 51.4 Å². The predicted octanol–water partition coefficient (Wildman–Crippen LogP) is 4.90. The van der Waals surface area contributed by atoms with E-state index in [1.165, 1.54) is 53.8 Å². The van der Waals surface area contributed by atoms with Crippen LogP contribution in [-0.4, -0.2) is 119 Å². The number of unbranched alkanes of at least 4 members (excludes halogenated alkanes) is 1. The van der Waals surface area contributed by atoms with Crippen molar-refractivity contribution in [1.29, 1.82) is 0 Å². The number of ether oxygens (including phenoxy) is 4. The van der Waals surface area contributed by atoms with Crippen molar-refractivity contribution < 1.29 is 62.1 Å². The number of urea groups is 1. The lowest BCUT2D eigenvalue weighted by Gasteiger charge is -2.32. The normalized spacial score (nSPS) is 15.7. The van der Waals surface area contributed by atoms with Gasteiger partial charge in [-0.05, 0) is 117 Å². The summed E-state index contributed by atoms with van der Waals surface area (Å²) in [5, 5.41) is 16.7. The first kappa shape index (κ1) is 63.2. The minimum Gasteiger partial charge on any atom is -0.493 e. The van der Waals surface area contributed by atoms with E-state index >= 15 is 0 Å². The van der Waals surface area contributed by atoms with Gasteiger partial charge in [0.2, 0.25) is 52.5 Å². The van der Waals surface area contributed by atoms with Gasteiger partial charge in [0.05, 0.1) is 47.6 Å². The first-order chi connectivity index (χ1) is 39.6. The number of likely N-dealkylation sites (tertiary alicyclic amines) is 1. The summed E-state index contributed by atoms with van der Waals surface area (Å²) >= 11 is 0. The zero-order valence-electron chi connectivity index (χ0n) is 47.6. The van der Waals surface area contributed by atoms with Gasteiger partial charge in [-0.25, -0.2) is 10.3 Å². The van der Waals surface area contributed by atoms with Crippen LogP contribution in [0.2, 0.25) is 0 Å². The summed E-state index contributed by atoms with van der Waals surface area (Å²) in [6.45, 7) is 0.568. The van der Waals surface area contributed by atoms with Gasteiger partial charge >= 0.3 is 6.03 Å². The van der Waals surface area contributed by atoms with Crippen molar-refractivity contribution in [3.05, 3.63) is 75.4 Å². The van der Waals surface area contributed by atoms with Crippen molar-refractivity contribution in [1.82, 2.24) is 37.0 Å². The quantitative estimate of drug-likeness (QED) is 0.0372. The molecule has 2 fully saturated rings. The summed E-state index contributed by atoms with van der Waals surface area (Å²) in [5.41, 5.74) is 11.2. The van der Waals surface area contributed by atoms with Crippen LogP contribution in [0.1, 0.15) is 138 Å². The number of piperidine rings is 1. The average Bonchev–Trinajstić information content (AvgIpc) is 3.74. The molecule has 23 nitrogen and oxygen atoms in total. The monoisotopic (exact) mass is 1140 g/mol. The van der Waals surface area contributed by atoms with E-state index in [0.29, 0.717) is 96.8 Å². The van der Waals surface area contributed by atoms with Gasteiger partial charge in [-0.2, -0.15) is 0 Å². The minimum atomic E-state index is -1.06. The molecule has 3 aliphatic rings. The number of aryl methyl sites for hydroxylation is 1. The Labute approximate surface area is 478 Å². The Balaban J connectivity index is 0.893. The summed E-state index contributed by atoms with van der Waals surface area (Å²) in [7, 11) is 6.00. The highest BCUT2D eigenvalue weighted by Crippen LogP contribution is 2.50. The first-order valence-corrected chi connectivity index (χ1v) is 28.4. The van der Waals surface area contributed by atoms with Crippen molar-refractivity contribution in [3.8, 4) is 34.1 Å². The van der Waals surface area contributed by atoms with E-state index < -0.39 is 42.4 Å². The highest BCUT2D eigenvalue weighted by Gasteiger charge is 2.32. The van der Waals surface area contributed by atoms with Crippen LogP contribution >= 0.6 is 0 Å². The Kier molecular flexibility index (Phi) is 25.0. The summed E-state index contributed by atoms with van der Waals surface area (Å²) < 4.78 is 22.5. The largest absolute Gasteiger partial charge is 0.493 e. The molecule has 0 radical (unpaired) electrons. The van der Waals surface area contributed by atoms with Gasteiger partial charge in [-0.15, -0.1) is 0 Å². The van der Waals surface area contributed by atoms with E-state index in [-0.39, 0.29) is 98.4 Å². The number of hydrogen-bond acceptors (Lipinski definition) is 14. The lowest BCUT2D eigenvalue weighted by Crippen LogP contribution is -2.48. The number of nitrogens with zero attached hydrogens (tertiary/aromatic N) is 1. The zero-order valence-corrected chi connectivity index (χ0v) is 47.6. The molecule has 9 amide bonds. The Morgan fingerprint density at radius 1 is 0.671 bits per heavy atom. The molecule has 1 aliphatic heterocycles. The van der Waals surface area contributed by atoms with E-state index in [2.05, 4.69) is 37.4 Å². The highest BCUT2D eigenvalue weighted by molar-refractivity contribution is 5.98. The van der Waals surface area contributed by atoms with Gasteiger partial charge in [0.25, 0.3) is 0 Å². The Morgan fingerprint density at radius 3 is 2.02 bits per heavy atom. The zero-order chi connectivity index (χ0) is 59.0. The van der Waals surface area contributed by atoms with Crippen molar-refractivity contribution in [2.75, 3.05) is 59.9 Å². The summed E-state index contributed by atoms with van der Waals surface area (Å²) in [6.07, 6.45) is 11.2. The number of amides is 9. The fraction of sp³-hybridized carbons (Fsp3) is 0.542. The molecule has 2 aliphatic carbocycles. The second-order valence-corrected chi connectivity index (χ2v) is 20.9. The van der Waals surface area contributed by atoms with Crippen LogP contribution in [0.4, 0.5) is 10.5 Å². The molecule has 1 heterocycles. The van der Waals surface area contributed by atoms with Crippen molar-refractivity contribution in [2.45, 2.75) is 147 Å². The molecule has 446 valence electrons. The fourth-order valence-corrected chi connectivity index (χ4v) is 10.6. The Hall–Kier alpha value is -7.95. The van der Waals surface area contributed by atoms with Gasteiger partial charge in [-0.3, -0.25) is 43.2 Å². The van der Waals surface area contributed by atoms with E-state index in [9.17, 15) is 43.2 Å². The summed E-state index contributed by atoms with van der Waals surface area (Å²) in [4.78, 5) is 123.